The molecule has 1 saturated heterocycles. The minimum atomic E-state index is -0.924. The van der Waals surface area contributed by atoms with E-state index in [-0.39, 0.29) is 18.9 Å². The Morgan fingerprint density at radius 1 is 1.37 bits per heavy atom. The van der Waals surface area contributed by atoms with Crippen molar-refractivity contribution in [1.29, 1.82) is 0 Å². The topological polar surface area (TPSA) is 85.3 Å². The zero-order valence-corrected chi connectivity index (χ0v) is 11.2. The predicted octanol–water partition coefficient (Wildman–Crippen LogP) is -0.258. The van der Waals surface area contributed by atoms with Gasteiger partial charge < -0.3 is 24.2 Å². The summed E-state index contributed by atoms with van der Waals surface area (Å²) in [6, 6.07) is 0. The van der Waals surface area contributed by atoms with E-state index in [2.05, 4.69) is 0 Å². The smallest absolute Gasteiger partial charge is 0.306 e. The summed E-state index contributed by atoms with van der Waals surface area (Å²) in [5.74, 6) is -1.07. The zero-order valence-electron chi connectivity index (χ0n) is 11.2. The van der Waals surface area contributed by atoms with Crippen molar-refractivity contribution in [3.8, 4) is 0 Å². The molecule has 1 unspecified atom stereocenters. The maximum atomic E-state index is 11.8. The van der Waals surface area contributed by atoms with Gasteiger partial charge in [0.25, 0.3) is 0 Å². The standard InChI is InChI=1S/C12H21NO6/c1-2-17-5-6-18-9-11(14)13-3-4-19-10(8-13)7-12(15)16/h10H,2-9H2,1H3,(H,15,16). The summed E-state index contributed by atoms with van der Waals surface area (Å²) in [4.78, 5) is 24.0. The van der Waals surface area contributed by atoms with Crippen molar-refractivity contribution in [3.05, 3.63) is 0 Å². The van der Waals surface area contributed by atoms with Crippen molar-refractivity contribution in [1.82, 2.24) is 4.90 Å². The number of aliphatic carboxylic acids is 1. The van der Waals surface area contributed by atoms with Gasteiger partial charge in [0.2, 0.25) is 5.91 Å². The van der Waals surface area contributed by atoms with Crippen LogP contribution in [0.3, 0.4) is 0 Å². The van der Waals surface area contributed by atoms with E-state index >= 15 is 0 Å². The van der Waals surface area contributed by atoms with Crippen LogP contribution in [0, 0.1) is 0 Å². The molecule has 0 radical (unpaired) electrons. The number of hydrogen-bond acceptors (Lipinski definition) is 5. The van der Waals surface area contributed by atoms with Gasteiger partial charge in [-0.25, -0.2) is 0 Å². The molecule has 1 heterocycles. The van der Waals surface area contributed by atoms with Gasteiger partial charge in [-0.05, 0) is 6.92 Å². The summed E-state index contributed by atoms with van der Waals surface area (Å²) in [5.41, 5.74) is 0. The van der Waals surface area contributed by atoms with Gasteiger partial charge in [-0.3, -0.25) is 9.59 Å². The third kappa shape index (κ3) is 6.51. The third-order valence-corrected chi connectivity index (χ3v) is 2.70. The fourth-order valence-electron chi connectivity index (χ4n) is 1.78. The molecular weight excluding hydrogens is 254 g/mol. The molecule has 0 aromatic heterocycles. The highest BCUT2D eigenvalue weighted by molar-refractivity contribution is 5.77. The molecule has 1 fully saturated rings. The highest BCUT2D eigenvalue weighted by Gasteiger charge is 2.25. The number of morpholine rings is 1. The van der Waals surface area contributed by atoms with Crippen molar-refractivity contribution < 1.29 is 28.9 Å². The minimum absolute atomic E-state index is 0.00708. The van der Waals surface area contributed by atoms with Gasteiger partial charge in [-0.1, -0.05) is 0 Å². The summed E-state index contributed by atoms with van der Waals surface area (Å²) in [7, 11) is 0. The molecule has 1 rings (SSSR count). The fourth-order valence-corrected chi connectivity index (χ4v) is 1.78. The number of carboxylic acid groups (broad SMARTS) is 1. The van der Waals surface area contributed by atoms with E-state index < -0.39 is 12.1 Å². The molecule has 0 aliphatic carbocycles. The summed E-state index contributed by atoms with van der Waals surface area (Å²) in [5, 5.41) is 8.69. The van der Waals surface area contributed by atoms with E-state index in [0.29, 0.717) is 39.5 Å². The highest BCUT2D eigenvalue weighted by atomic mass is 16.5. The summed E-state index contributed by atoms with van der Waals surface area (Å²) in [6.07, 6.45) is -0.520. The Morgan fingerprint density at radius 3 is 2.79 bits per heavy atom. The lowest BCUT2D eigenvalue weighted by Crippen LogP contribution is -2.47. The quantitative estimate of drug-likeness (QED) is 0.614. The van der Waals surface area contributed by atoms with E-state index in [4.69, 9.17) is 19.3 Å². The van der Waals surface area contributed by atoms with E-state index in [0.717, 1.165) is 0 Å². The molecule has 1 aliphatic heterocycles. The third-order valence-electron chi connectivity index (χ3n) is 2.70. The number of carbonyl (C=O) groups excluding carboxylic acids is 1. The van der Waals surface area contributed by atoms with E-state index in [1.807, 2.05) is 6.92 Å². The molecule has 7 heteroatoms. The Morgan fingerprint density at radius 2 is 2.11 bits per heavy atom. The average molecular weight is 275 g/mol. The first-order valence-electron chi connectivity index (χ1n) is 6.40. The van der Waals surface area contributed by atoms with Gasteiger partial charge in [0.1, 0.15) is 6.61 Å². The Balaban J connectivity index is 2.22. The van der Waals surface area contributed by atoms with Crippen LogP contribution in [0.1, 0.15) is 13.3 Å². The molecule has 1 N–H and O–H groups in total. The predicted molar refractivity (Wildman–Crippen MR) is 65.9 cm³/mol. The van der Waals surface area contributed by atoms with Crippen LogP contribution in [-0.2, 0) is 23.8 Å². The van der Waals surface area contributed by atoms with Crippen LogP contribution in [0.25, 0.3) is 0 Å². The monoisotopic (exact) mass is 275 g/mol. The molecule has 19 heavy (non-hydrogen) atoms. The maximum Gasteiger partial charge on any atom is 0.306 e. The number of rotatable bonds is 8. The van der Waals surface area contributed by atoms with E-state index in [1.54, 1.807) is 4.90 Å². The van der Waals surface area contributed by atoms with Gasteiger partial charge in [0.15, 0.2) is 0 Å². The van der Waals surface area contributed by atoms with Gasteiger partial charge in [-0.2, -0.15) is 0 Å². The number of nitrogens with zero attached hydrogens (tertiary/aromatic N) is 1. The van der Waals surface area contributed by atoms with Crippen molar-refractivity contribution >= 4 is 11.9 Å². The van der Waals surface area contributed by atoms with Crippen molar-refractivity contribution in [2.45, 2.75) is 19.4 Å². The zero-order chi connectivity index (χ0) is 14.1. The summed E-state index contributed by atoms with van der Waals surface area (Å²) in [6.45, 7) is 4.50. The molecule has 1 amide bonds. The van der Waals surface area contributed by atoms with Crippen LogP contribution < -0.4 is 0 Å². The molecule has 0 saturated carbocycles. The van der Waals surface area contributed by atoms with Gasteiger partial charge in [0.05, 0.1) is 32.3 Å². The highest BCUT2D eigenvalue weighted by Crippen LogP contribution is 2.09. The molecule has 1 atom stereocenters. The molecule has 0 bridgehead atoms. The van der Waals surface area contributed by atoms with E-state index in [9.17, 15) is 9.59 Å². The molecule has 0 spiro atoms. The molecular formula is C12H21NO6. The number of carbonyl (C=O) groups is 2. The first kappa shape index (κ1) is 15.9. The number of amides is 1. The Kier molecular flexibility index (Phi) is 7.39. The first-order chi connectivity index (χ1) is 9.13. The second-order valence-corrected chi connectivity index (χ2v) is 4.18. The normalized spacial score (nSPS) is 19.4. The molecule has 1 aliphatic rings. The van der Waals surface area contributed by atoms with Gasteiger partial charge >= 0.3 is 5.97 Å². The lowest BCUT2D eigenvalue weighted by Gasteiger charge is -2.32. The summed E-state index contributed by atoms with van der Waals surface area (Å²) < 4.78 is 15.6. The number of ether oxygens (including phenoxy) is 3. The van der Waals surface area contributed by atoms with Crippen molar-refractivity contribution in [2.24, 2.45) is 0 Å². The van der Waals surface area contributed by atoms with Gasteiger partial charge in [0, 0.05) is 19.7 Å². The molecule has 110 valence electrons. The molecule has 0 aromatic carbocycles. The number of carboxylic acids is 1. The van der Waals surface area contributed by atoms with Crippen LogP contribution >= 0.6 is 0 Å². The van der Waals surface area contributed by atoms with Gasteiger partial charge in [-0.15, -0.1) is 0 Å². The van der Waals surface area contributed by atoms with Crippen LogP contribution in [0.15, 0.2) is 0 Å². The van der Waals surface area contributed by atoms with E-state index in [1.165, 1.54) is 0 Å². The Labute approximate surface area is 112 Å². The average Bonchev–Trinajstić information content (AvgIpc) is 2.38. The summed E-state index contributed by atoms with van der Waals surface area (Å²) >= 11 is 0. The first-order valence-corrected chi connectivity index (χ1v) is 6.40. The molecule has 0 aromatic rings. The molecule has 7 nitrogen and oxygen atoms in total. The van der Waals surface area contributed by atoms with Crippen LogP contribution in [0.5, 0.6) is 0 Å². The number of hydrogen-bond donors (Lipinski definition) is 1. The maximum absolute atomic E-state index is 11.8. The van der Waals surface area contributed by atoms with Crippen molar-refractivity contribution in [2.75, 3.05) is 46.1 Å². The Hall–Kier alpha value is -1.18. The second-order valence-electron chi connectivity index (χ2n) is 4.18. The fraction of sp³-hybridized carbons (Fsp3) is 0.833. The van der Waals surface area contributed by atoms with Crippen LogP contribution in [-0.4, -0.2) is 74.1 Å². The largest absolute Gasteiger partial charge is 0.481 e. The minimum Gasteiger partial charge on any atom is -0.481 e. The van der Waals surface area contributed by atoms with Crippen LogP contribution in [0.2, 0.25) is 0 Å². The van der Waals surface area contributed by atoms with Crippen LogP contribution in [0.4, 0.5) is 0 Å². The second kappa shape index (κ2) is 8.84. The SMILES string of the molecule is CCOCCOCC(=O)N1CCOC(CC(=O)O)C1. The lowest BCUT2D eigenvalue weighted by molar-refractivity contribution is -0.150. The Bertz CT molecular complexity index is 296. The van der Waals surface area contributed by atoms with Crippen molar-refractivity contribution in [3.63, 3.8) is 0 Å². The lowest BCUT2D eigenvalue weighted by atomic mass is 10.2.